The van der Waals surface area contributed by atoms with E-state index in [2.05, 4.69) is 5.32 Å². The maximum absolute atomic E-state index is 11.4. The Morgan fingerprint density at radius 3 is 2.42 bits per heavy atom. The fraction of sp³-hybridized carbons (Fsp3) is 0.714. The molecule has 3 amide bonds. The van der Waals surface area contributed by atoms with Crippen LogP contribution in [0, 0.1) is 0 Å². The Morgan fingerprint density at radius 1 is 1.50 bits per heavy atom. The maximum atomic E-state index is 11.4. The molecule has 1 heterocycles. The normalized spacial score (nSPS) is 21.4. The Labute approximate surface area is 75.9 Å². The second-order valence-corrected chi connectivity index (χ2v) is 3.58. The van der Waals surface area contributed by atoms with Crippen molar-refractivity contribution in [2.24, 2.45) is 0 Å². The van der Waals surface area contributed by atoms with Gasteiger partial charge in [0.2, 0.25) is 0 Å². The number of alkyl halides is 1. The maximum Gasteiger partial charge on any atom is 0.325 e. The Morgan fingerprint density at radius 2 is 2.08 bits per heavy atom. The highest BCUT2D eigenvalue weighted by Crippen LogP contribution is 2.15. The van der Waals surface area contributed by atoms with E-state index in [0.29, 0.717) is 0 Å². The van der Waals surface area contributed by atoms with Crippen LogP contribution in [0.3, 0.4) is 0 Å². The first-order valence-corrected chi connectivity index (χ1v) is 4.22. The number of imide groups is 1. The smallest absolute Gasteiger partial charge is 0.324 e. The lowest BCUT2D eigenvalue weighted by atomic mass is 10.1. The van der Waals surface area contributed by atoms with E-state index in [1.165, 1.54) is 0 Å². The predicted octanol–water partition coefficient (Wildman–Crippen LogP) is 0.556. The lowest BCUT2D eigenvalue weighted by Gasteiger charge is -2.14. The number of nitrogens with zero attached hydrogens (tertiary/aromatic N) is 1. The van der Waals surface area contributed by atoms with Crippen LogP contribution in [-0.4, -0.2) is 34.8 Å². The molecule has 0 radical (unpaired) electrons. The third kappa shape index (κ3) is 1.39. The van der Waals surface area contributed by atoms with Crippen LogP contribution in [0.1, 0.15) is 13.8 Å². The number of halogens is 1. The van der Waals surface area contributed by atoms with Crippen molar-refractivity contribution in [3.8, 4) is 0 Å². The standard InChI is InChI=1S/C7H11ClN2O2/c1-7(2)5(11)10(4-3-8)6(12)9-7/h3-4H2,1-2H3,(H,9,12). The van der Waals surface area contributed by atoms with Gasteiger partial charge in [0, 0.05) is 12.4 Å². The van der Waals surface area contributed by atoms with E-state index in [0.717, 1.165) is 4.90 Å². The van der Waals surface area contributed by atoms with Gasteiger partial charge in [-0.1, -0.05) is 0 Å². The van der Waals surface area contributed by atoms with Crippen LogP contribution in [0.5, 0.6) is 0 Å². The number of carbonyl (C=O) groups excluding carboxylic acids is 2. The minimum Gasteiger partial charge on any atom is -0.324 e. The van der Waals surface area contributed by atoms with Crippen molar-refractivity contribution in [1.29, 1.82) is 0 Å². The molecular formula is C7H11ClN2O2. The first-order chi connectivity index (χ1) is 5.49. The first-order valence-electron chi connectivity index (χ1n) is 3.69. The van der Waals surface area contributed by atoms with Gasteiger partial charge in [-0.3, -0.25) is 9.69 Å². The van der Waals surface area contributed by atoms with Crippen LogP contribution in [0.4, 0.5) is 4.79 Å². The zero-order valence-corrected chi connectivity index (χ0v) is 7.81. The third-order valence-corrected chi connectivity index (χ3v) is 1.92. The van der Waals surface area contributed by atoms with Gasteiger partial charge < -0.3 is 5.32 Å². The molecular weight excluding hydrogens is 180 g/mol. The monoisotopic (exact) mass is 190 g/mol. The SMILES string of the molecule is CC1(C)NC(=O)N(CCCl)C1=O. The van der Waals surface area contributed by atoms with E-state index in [1.54, 1.807) is 13.8 Å². The summed E-state index contributed by atoms with van der Waals surface area (Å²) in [7, 11) is 0. The van der Waals surface area contributed by atoms with Crippen LogP contribution in [-0.2, 0) is 4.79 Å². The molecule has 1 fully saturated rings. The molecule has 0 aromatic carbocycles. The van der Waals surface area contributed by atoms with Gasteiger partial charge in [0.15, 0.2) is 0 Å². The Kier molecular flexibility index (Phi) is 2.28. The lowest BCUT2D eigenvalue weighted by molar-refractivity contribution is -0.130. The van der Waals surface area contributed by atoms with E-state index in [9.17, 15) is 9.59 Å². The molecule has 0 unspecified atom stereocenters. The van der Waals surface area contributed by atoms with Crippen LogP contribution in [0.2, 0.25) is 0 Å². The summed E-state index contributed by atoms with van der Waals surface area (Å²) in [6.07, 6.45) is 0. The average molecular weight is 191 g/mol. The molecule has 0 spiro atoms. The fourth-order valence-electron chi connectivity index (χ4n) is 1.11. The van der Waals surface area contributed by atoms with Gasteiger partial charge in [-0.25, -0.2) is 4.79 Å². The van der Waals surface area contributed by atoms with E-state index in [-0.39, 0.29) is 24.4 Å². The summed E-state index contributed by atoms with van der Waals surface area (Å²) in [5.74, 6) is 0.0584. The quantitative estimate of drug-likeness (QED) is 0.511. The Bertz CT molecular complexity index is 227. The second kappa shape index (κ2) is 2.94. The summed E-state index contributed by atoms with van der Waals surface area (Å²) >= 11 is 5.43. The van der Waals surface area contributed by atoms with Gasteiger partial charge in [-0.2, -0.15) is 0 Å². The minimum atomic E-state index is -0.775. The van der Waals surface area contributed by atoms with E-state index < -0.39 is 5.54 Å². The van der Waals surface area contributed by atoms with Crippen molar-refractivity contribution in [2.75, 3.05) is 12.4 Å². The number of nitrogens with one attached hydrogen (secondary N) is 1. The molecule has 0 aromatic heterocycles. The molecule has 68 valence electrons. The second-order valence-electron chi connectivity index (χ2n) is 3.20. The topological polar surface area (TPSA) is 49.4 Å². The molecule has 12 heavy (non-hydrogen) atoms. The van der Waals surface area contributed by atoms with Gasteiger partial charge in [-0.05, 0) is 13.8 Å². The summed E-state index contributed by atoms with van der Waals surface area (Å²) in [6, 6.07) is -0.356. The molecule has 0 bridgehead atoms. The highest BCUT2D eigenvalue weighted by atomic mass is 35.5. The molecule has 1 rings (SSSR count). The average Bonchev–Trinajstić information content (AvgIpc) is 2.13. The van der Waals surface area contributed by atoms with E-state index >= 15 is 0 Å². The summed E-state index contributed by atoms with van der Waals surface area (Å²) in [4.78, 5) is 23.7. The number of rotatable bonds is 2. The summed E-state index contributed by atoms with van der Waals surface area (Å²) in [6.45, 7) is 3.61. The highest BCUT2D eigenvalue weighted by Gasteiger charge is 2.43. The third-order valence-electron chi connectivity index (χ3n) is 1.75. The van der Waals surface area contributed by atoms with Gasteiger partial charge in [0.1, 0.15) is 5.54 Å². The molecule has 1 aliphatic rings. The van der Waals surface area contributed by atoms with Crippen molar-refractivity contribution >= 4 is 23.5 Å². The molecule has 1 saturated heterocycles. The molecule has 5 heteroatoms. The van der Waals surface area contributed by atoms with E-state index in [4.69, 9.17) is 11.6 Å². The minimum absolute atomic E-state index is 0.215. The Balaban J connectivity index is 2.78. The van der Waals surface area contributed by atoms with Crippen molar-refractivity contribution in [3.05, 3.63) is 0 Å². The summed E-state index contributed by atoms with van der Waals surface area (Å²) in [5.41, 5.74) is -0.775. The van der Waals surface area contributed by atoms with Crippen LogP contribution in [0.25, 0.3) is 0 Å². The molecule has 1 N–H and O–H groups in total. The zero-order chi connectivity index (χ0) is 9.35. The van der Waals surface area contributed by atoms with Crippen molar-refractivity contribution in [2.45, 2.75) is 19.4 Å². The molecule has 0 atom stereocenters. The summed E-state index contributed by atoms with van der Waals surface area (Å²) < 4.78 is 0. The van der Waals surface area contributed by atoms with Crippen LogP contribution < -0.4 is 5.32 Å². The number of urea groups is 1. The largest absolute Gasteiger partial charge is 0.325 e. The van der Waals surface area contributed by atoms with Gasteiger partial charge >= 0.3 is 6.03 Å². The fourth-order valence-corrected chi connectivity index (χ4v) is 1.27. The lowest BCUT2D eigenvalue weighted by Crippen LogP contribution is -2.40. The van der Waals surface area contributed by atoms with Crippen molar-refractivity contribution < 1.29 is 9.59 Å². The number of hydrogen-bond acceptors (Lipinski definition) is 2. The molecule has 4 nitrogen and oxygen atoms in total. The van der Waals surface area contributed by atoms with E-state index in [1.807, 2.05) is 0 Å². The molecule has 1 aliphatic heterocycles. The molecule has 0 saturated carbocycles. The zero-order valence-electron chi connectivity index (χ0n) is 7.06. The number of hydrogen-bond donors (Lipinski definition) is 1. The molecule has 0 aliphatic carbocycles. The van der Waals surface area contributed by atoms with Gasteiger partial charge in [-0.15, -0.1) is 11.6 Å². The summed E-state index contributed by atoms with van der Waals surface area (Å²) in [5, 5.41) is 2.56. The highest BCUT2D eigenvalue weighted by molar-refractivity contribution is 6.18. The van der Waals surface area contributed by atoms with Crippen LogP contribution >= 0.6 is 11.6 Å². The van der Waals surface area contributed by atoms with Crippen molar-refractivity contribution in [3.63, 3.8) is 0 Å². The molecule has 0 aromatic rings. The first kappa shape index (κ1) is 9.32. The Hall–Kier alpha value is -0.770. The van der Waals surface area contributed by atoms with Gasteiger partial charge in [0.25, 0.3) is 5.91 Å². The van der Waals surface area contributed by atoms with Crippen LogP contribution in [0.15, 0.2) is 0 Å². The predicted molar refractivity (Wildman–Crippen MR) is 45.0 cm³/mol. The number of carbonyl (C=O) groups is 2. The van der Waals surface area contributed by atoms with Crippen molar-refractivity contribution in [1.82, 2.24) is 10.2 Å². The van der Waals surface area contributed by atoms with Gasteiger partial charge in [0.05, 0.1) is 0 Å². The number of amides is 3.